The fraction of sp³-hybridized carbons (Fsp3) is 0.538. The summed E-state index contributed by atoms with van der Waals surface area (Å²) >= 11 is 0. The Bertz CT molecular complexity index is 299. The number of hydrogen-bond acceptors (Lipinski definition) is 2. The predicted octanol–water partition coefficient (Wildman–Crippen LogP) is 2.08. The summed E-state index contributed by atoms with van der Waals surface area (Å²) in [6, 6.07) is 8.32. The van der Waals surface area contributed by atoms with Crippen molar-refractivity contribution in [1.82, 2.24) is 0 Å². The number of aliphatic hydroxyl groups is 1. The summed E-state index contributed by atoms with van der Waals surface area (Å²) in [5.74, 6) is 0. The van der Waals surface area contributed by atoms with Gasteiger partial charge in [-0.15, -0.1) is 0 Å². The molecule has 2 rings (SSSR count). The van der Waals surface area contributed by atoms with Crippen molar-refractivity contribution in [2.24, 2.45) is 0 Å². The van der Waals surface area contributed by atoms with E-state index in [9.17, 15) is 5.11 Å². The van der Waals surface area contributed by atoms with E-state index >= 15 is 0 Å². The van der Waals surface area contributed by atoms with E-state index in [4.69, 9.17) is 4.74 Å². The summed E-state index contributed by atoms with van der Waals surface area (Å²) in [5.41, 5.74) is 2.44. The zero-order valence-corrected chi connectivity index (χ0v) is 9.15. The van der Waals surface area contributed by atoms with Crippen molar-refractivity contribution >= 4 is 0 Å². The smallest absolute Gasteiger partial charge is 0.0842 e. The molecular formula is C13H18O2. The SMILES string of the molecule is Cc1ccc(CC(O)C2CCCO2)cc1. The molecular weight excluding hydrogens is 188 g/mol. The molecule has 0 amide bonds. The van der Waals surface area contributed by atoms with Crippen molar-refractivity contribution < 1.29 is 9.84 Å². The summed E-state index contributed by atoms with van der Waals surface area (Å²) in [4.78, 5) is 0. The fourth-order valence-corrected chi connectivity index (χ4v) is 2.00. The maximum absolute atomic E-state index is 9.95. The molecule has 2 heteroatoms. The monoisotopic (exact) mass is 206 g/mol. The molecule has 0 saturated carbocycles. The van der Waals surface area contributed by atoms with E-state index in [1.165, 1.54) is 11.1 Å². The van der Waals surface area contributed by atoms with Crippen LogP contribution in [-0.2, 0) is 11.2 Å². The Morgan fingerprint density at radius 1 is 1.40 bits per heavy atom. The van der Waals surface area contributed by atoms with E-state index in [2.05, 4.69) is 31.2 Å². The second-order valence-corrected chi connectivity index (χ2v) is 4.31. The first-order valence-corrected chi connectivity index (χ1v) is 5.61. The minimum atomic E-state index is -0.352. The van der Waals surface area contributed by atoms with Crippen LogP contribution in [0.1, 0.15) is 24.0 Å². The van der Waals surface area contributed by atoms with Crippen LogP contribution >= 0.6 is 0 Å². The highest BCUT2D eigenvalue weighted by Gasteiger charge is 2.23. The van der Waals surface area contributed by atoms with Gasteiger partial charge in [-0.3, -0.25) is 0 Å². The van der Waals surface area contributed by atoms with Gasteiger partial charge in [0.25, 0.3) is 0 Å². The molecule has 1 saturated heterocycles. The van der Waals surface area contributed by atoms with Gasteiger partial charge >= 0.3 is 0 Å². The molecule has 0 bridgehead atoms. The molecule has 15 heavy (non-hydrogen) atoms. The third-order valence-electron chi connectivity index (χ3n) is 2.96. The van der Waals surface area contributed by atoms with Crippen LogP contribution in [0.4, 0.5) is 0 Å². The van der Waals surface area contributed by atoms with Crippen molar-refractivity contribution in [1.29, 1.82) is 0 Å². The molecule has 2 atom stereocenters. The van der Waals surface area contributed by atoms with Crippen LogP contribution in [0.2, 0.25) is 0 Å². The molecule has 0 aromatic heterocycles. The first kappa shape index (κ1) is 10.7. The van der Waals surface area contributed by atoms with Crippen molar-refractivity contribution in [3.63, 3.8) is 0 Å². The zero-order valence-electron chi connectivity index (χ0n) is 9.15. The fourth-order valence-electron chi connectivity index (χ4n) is 2.00. The highest BCUT2D eigenvalue weighted by Crippen LogP contribution is 2.18. The molecule has 1 aliphatic rings. The Morgan fingerprint density at radius 3 is 2.73 bits per heavy atom. The average Bonchev–Trinajstić information content (AvgIpc) is 2.74. The van der Waals surface area contributed by atoms with Gasteiger partial charge in [0.2, 0.25) is 0 Å². The van der Waals surface area contributed by atoms with E-state index in [0.717, 1.165) is 19.4 Å². The summed E-state index contributed by atoms with van der Waals surface area (Å²) < 4.78 is 5.46. The Kier molecular flexibility index (Phi) is 3.39. The maximum Gasteiger partial charge on any atom is 0.0842 e. The van der Waals surface area contributed by atoms with Crippen LogP contribution < -0.4 is 0 Å². The van der Waals surface area contributed by atoms with Crippen LogP contribution in [0, 0.1) is 6.92 Å². The lowest BCUT2D eigenvalue weighted by atomic mass is 10.0. The molecule has 0 radical (unpaired) electrons. The molecule has 1 fully saturated rings. The molecule has 2 nitrogen and oxygen atoms in total. The van der Waals surface area contributed by atoms with E-state index in [1.807, 2.05) is 0 Å². The van der Waals surface area contributed by atoms with E-state index in [1.54, 1.807) is 0 Å². The van der Waals surface area contributed by atoms with Crippen LogP contribution in [0.15, 0.2) is 24.3 Å². The standard InChI is InChI=1S/C13H18O2/c1-10-4-6-11(7-5-10)9-12(14)13-3-2-8-15-13/h4-7,12-14H,2-3,8-9H2,1H3. The maximum atomic E-state index is 9.95. The van der Waals surface area contributed by atoms with E-state index in [-0.39, 0.29) is 12.2 Å². The number of aryl methyl sites for hydroxylation is 1. The van der Waals surface area contributed by atoms with E-state index in [0.29, 0.717) is 6.42 Å². The van der Waals surface area contributed by atoms with Crippen molar-refractivity contribution in [2.75, 3.05) is 6.61 Å². The summed E-state index contributed by atoms with van der Waals surface area (Å²) in [6.07, 6.45) is 2.47. The molecule has 0 spiro atoms. The number of aliphatic hydroxyl groups excluding tert-OH is 1. The largest absolute Gasteiger partial charge is 0.390 e. The van der Waals surface area contributed by atoms with Gasteiger partial charge in [-0.05, 0) is 25.3 Å². The van der Waals surface area contributed by atoms with Crippen molar-refractivity contribution in [3.8, 4) is 0 Å². The van der Waals surface area contributed by atoms with Crippen molar-refractivity contribution in [3.05, 3.63) is 35.4 Å². The highest BCUT2D eigenvalue weighted by atomic mass is 16.5. The first-order valence-electron chi connectivity index (χ1n) is 5.61. The molecule has 1 aromatic rings. The molecule has 1 aliphatic heterocycles. The van der Waals surface area contributed by atoms with Gasteiger partial charge in [-0.1, -0.05) is 29.8 Å². The molecule has 1 aromatic carbocycles. The van der Waals surface area contributed by atoms with Gasteiger partial charge in [0.15, 0.2) is 0 Å². The highest BCUT2D eigenvalue weighted by molar-refractivity contribution is 5.22. The number of benzene rings is 1. The van der Waals surface area contributed by atoms with Gasteiger partial charge in [0.1, 0.15) is 0 Å². The van der Waals surface area contributed by atoms with Crippen LogP contribution in [0.3, 0.4) is 0 Å². The van der Waals surface area contributed by atoms with Crippen LogP contribution in [0.5, 0.6) is 0 Å². The lowest BCUT2D eigenvalue weighted by Crippen LogP contribution is -2.27. The first-order chi connectivity index (χ1) is 7.25. The zero-order chi connectivity index (χ0) is 10.7. The van der Waals surface area contributed by atoms with Gasteiger partial charge < -0.3 is 9.84 Å². The minimum Gasteiger partial charge on any atom is -0.390 e. The number of ether oxygens (including phenoxy) is 1. The van der Waals surface area contributed by atoms with Gasteiger partial charge in [-0.25, -0.2) is 0 Å². The molecule has 2 unspecified atom stereocenters. The van der Waals surface area contributed by atoms with E-state index < -0.39 is 0 Å². The Hall–Kier alpha value is -0.860. The summed E-state index contributed by atoms with van der Waals surface area (Å²) in [5, 5.41) is 9.95. The second kappa shape index (κ2) is 4.77. The average molecular weight is 206 g/mol. The molecule has 82 valence electrons. The molecule has 1 N–H and O–H groups in total. The quantitative estimate of drug-likeness (QED) is 0.820. The molecule has 1 heterocycles. The third-order valence-corrected chi connectivity index (χ3v) is 2.96. The Morgan fingerprint density at radius 2 is 2.13 bits per heavy atom. The van der Waals surface area contributed by atoms with Crippen molar-refractivity contribution in [2.45, 2.75) is 38.4 Å². The topological polar surface area (TPSA) is 29.5 Å². The lowest BCUT2D eigenvalue weighted by Gasteiger charge is -2.17. The predicted molar refractivity (Wildman–Crippen MR) is 59.9 cm³/mol. The number of rotatable bonds is 3. The normalized spacial score (nSPS) is 22.9. The Balaban J connectivity index is 1.92. The lowest BCUT2D eigenvalue weighted by molar-refractivity contribution is -0.000772. The Labute approximate surface area is 90.9 Å². The second-order valence-electron chi connectivity index (χ2n) is 4.31. The summed E-state index contributed by atoms with van der Waals surface area (Å²) in [6.45, 7) is 2.87. The summed E-state index contributed by atoms with van der Waals surface area (Å²) in [7, 11) is 0. The minimum absolute atomic E-state index is 0.0475. The van der Waals surface area contributed by atoms with Gasteiger partial charge in [-0.2, -0.15) is 0 Å². The van der Waals surface area contributed by atoms with Gasteiger partial charge in [0.05, 0.1) is 12.2 Å². The van der Waals surface area contributed by atoms with Gasteiger partial charge in [0, 0.05) is 13.0 Å². The third kappa shape index (κ3) is 2.80. The van der Waals surface area contributed by atoms with Crippen LogP contribution in [-0.4, -0.2) is 23.9 Å². The number of hydrogen-bond donors (Lipinski definition) is 1. The molecule has 0 aliphatic carbocycles. The van der Waals surface area contributed by atoms with Crippen LogP contribution in [0.25, 0.3) is 0 Å².